The van der Waals surface area contributed by atoms with Crippen LogP contribution in [0.2, 0.25) is 0 Å². The highest BCUT2D eigenvalue weighted by molar-refractivity contribution is 7.88. The van der Waals surface area contributed by atoms with Crippen LogP contribution >= 0.6 is 0 Å². The van der Waals surface area contributed by atoms with Gasteiger partial charge >= 0.3 is 6.09 Å². The molecule has 0 saturated carbocycles. The topological polar surface area (TPSA) is 100 Å². The zero-order valence-corrected chi connectivity index (χ0v) is 21.2. The molecule has 3 rings (SSSR count). The van der Waals surface area contributed by atoms with Gasteiger partial charge in [0.25, 0.3) is 0 Å². The van der Waals surface area contributed by atoms with Crippen molar-refractivity contribution in [3.63, 3.8) is 0 Å². The van der Waals surface area contributed by atoms with E-state index < -0.39 is 34.0 Å². The molecule has 2 aromatic carbocycles. The number of ether oxygens (including phenoxy) is 2. The molecular weight excluding hydrogens is 475 g/mol. The quantitative estimate of drug-likeness (QED) is 0.417. The van der Waals surface area contributed by atoms with Gasteiger partial charge in [0.1, 0.15) is 5.60 Å². The Morgan fingerprint density at radius 3 is 2.40 bits per heavy atom. The van der Waals surface area contributed by atoms with E-state index in [1.807, 2.05) is 6.07 Å². The van der Waals surface area contributed by atoms with Crippen molar-refractivity contribution in [2.24, 2.45) is 0 Å². The Balaban J connectivity index is 1.76. The number of piperazine rings is 1. The van der Waals surface area contributed by atoms with Gasteiger partial charge in [0.15, 0.2) is 6.23 Å². The molecule has 1 heterocycles. The summed E-state index contributed by atoms with van der Waals surface area (Å²) in [7, 11) is -2.26. The van der Waals surface area contributed by atoms with E-state index in [0.717, 1.165) is 0 Å². The molecule has 9 nitrogen and oxygen atoms in total. The monoisotopic (exact) mass is 508 g/mol. The third-order valence-electron chi connectivity index (χ3n) is 5.41. The molecule has 1 aliphatic heterocycles. The highest BCUT2D eigenvalue weighted by atomic mass is 32.2. The minimum Gasteiger partial charge on any atom is -0.444 e. The number of sulfonamides is 1. The van der Waals surface area contributed by atoms with E-state index in [2.05, 4.69) is 10.3 Å². The maximum atomic E-state index is 14.7. The number of benzene rings is 2. The van der Waals surface area contributed by atoms with Crippen molar-refractivity contribution >= 4 is 16.1 Å². The third-order valence-corrected chi connectivity index (χ3v) is 6.58. The first-order valence-corrected chi connectivity index (χ1v) is 12.9. The summed E-state index contributed by atoms with van der Waals surface area (Å²) in [4.78, 5) is 16.8. The molecule has 2 atom stereocenters. The van der Waals surface area contributed by atoms with Gasteiger partial charge < -0.3 is 9.47 Å². The smallest absolute Gasteiger partial charge is 0.410 e. The number of carbonyl (C=O) groups is 1. The predicted molar refractivity (Wildman–Crippen MR) is 130 cm³/mol. The number of hydrazine groups is 1. The van der Waals surface area contributed by atoms with Crippen molar-refractivity contribution in [3.05, 3.63) is 71.3 Å². The lowest BCUT2D eigenvalue weighted by Crippen LogP contribution is -2.55. The maximum absolute atomic E-state index is 14.7. The van der Waals surface area contributed by atoms with Gasteiger partial charge in [-0.15, -0.1) is 9.60 Å². The minimum atomic E-state index is -3.64. The second kappa shape index (κ2) is 11.4. The number of methoxy groups -OCH3 is 1. The number of hydrogen-bond donors (Lipinski definition) is 2. The molecule has 1 aliphatic rings. The fraction of sp³-hybridized carbons (Fsp3) is 0.458. The summed E-state index contributed by atoms with van der Waals surface area (Å²) >= 11 is 0. The second-order valence-corrected chi connectivity index (χ2v) is 11.0. The molecule has 0 bridgehead atoms. The van der Waals surface area contributed by atoms with Gasteiger partial charge in [-0.2, -0.15) is 4.83 Å². The molecule has 2 aromatic rings. The van der Waals surface area contributed by atoms with Crippen LogP contribution in [0.1, 0.15) is 43.5 Å². The number of nitrogens with zero attached hydrogens (tertiary/aromatic N) is 2. The summed E-state index contributed by atoms with van der Waals surface area (Å²) in [6, 6.07) is 15.3. The van der Waals surface area contributed by atoms with Crippen LogP contribution in [0.4, 0.5) is 9.28 Å². The van der Waals surface area contributed by atoms with Gasteiger partial charge in [0.2, 0.25) is 10.0 Å². The molecule has 2 unspecified atom stereocenters. The minimum absolute atomic E-state index is 0.0297. The summed E-state index contributed by atoms with van der Waals surface area (Å²) in [6.45, 7) is 5.25. The maximum Gasteiger partial charge on any atom is 0.410 e. The molecule has 0 spiro atoms. The number of nitrogens with one attached hydrogen (secondary N) is 2. The van der Waals surface area contributed by atoms with Crippen molar-refractivity contribution in [2.45, 2.75) is 50.9 Å². The highest BCUT2D eigenvalue weighted by Gasteiger charge is 2.40. The van der Waals surface area contributed by atoms with Crippen LogP contribution in [0.25, 0.3) is 0 Å². The van der Waals surface area contributed by atoms with Gasteiger partial charge in [-0.25, -0.2) is 18.6 Å². The normalized spacial score (nSPS) is 19.5. The predicted octanol–water partition coefficient (Wildman–Crippen LogP) is 3.26. The fourth-order valence-electron chi connectivity index (χ4n) is 3.83. The average Bonchev–Trinajstić information content (AvgIpc) is 2.78. The summed E-state index contributed by atoms with van der Waals surface area (Å²) in [6.07, 6.45) is -1.50. The lowest BCUT2D eigenvalue weighted by molar-refractivity contribution is -0.184. The molecule has 0 aliphatic carbocycles. The highest BCUT2D eigenvalue weighted by Crippen LogP contribution is 2.32. The van der Waals surface area contributed by atoms with E-state index in [1.165, 1.54) is 12.0 Å². The van der Waals surface area contributed by atoms with Crippen molar-refractivity contribution in [1.29, 1.82) is 0 Å². The Bertz CT molecular complexity index is 1090. The number of carbonyl (C=O) groups excluding carboxylic acids is 1. The molecule has 0 radical (unpaired) electrons. The first-order chi connectivity index (χ1) is 16.5. The number of hydrogen-bond acceptors (Lipinski definition) is 7. The summed E-state index contributed by atoms with van der Waals surface area (Å²) in [5.41, 5.74) is 4.06. The SMILES string of the molecule is COC1CN(C(=O)OC(C)(C)C)C(c2ccccc2CNNS(=O)(=O)Cc2ccccc2)CN1F. The molecule has 2 N–H and O–H groups in total. The standard InChI is InChI=1S/C24H33FN4O5S/c1-24(2,3)34-23(30)28-16-22(33-4)29(25)15-21(28)20-13-9-8-12-19(20)14-26-27-35(31,32)17-18-10-6-5-7-11-18/h5-13,21-22,26-27H,14-17H2,1-4H3. The van der Waals surface area contributed by atoms with Gasteiger partial charge in [-0.05, 0) is 37.5 Å². The third kappa shape index (κ3) is 7.71. The Labute approximate surface area is 206 Å². The first kappa shape index (κ1) is 27.0. The summed E-state index contributed by atoms with van der Waals surface area (Å²) in [5.74, 6) is -0.174. The van der Waals surface area contributed by atoms with Crippen molar-refractivity contribution in [1.82, 2.24) is 20.3 Å². The van der Waals surface area contributed by atoms with E-state index >= 15 is 0 Å². The van der Waals surface area contributed by atoms with Crippen LogP contribution in [-0.2, 0) is 31.8 Å². The van der Waals surface area contributed by atoms with Crippen LogP contribution in [0, 0.1) is 0 Å². The number of amides is 1. The van der Waals surface area contributed by atoms with E-state index in [0.29, 0.717) is 21.8 Å². The second-order valence-electron chi connectivity index (χ2n) is 9.32. The van der Waals surface area contributed by atoms with Crippen LogP contribution < -0.4 is 10.3 Å². The van der Waals surface area contributed by atoms with E-state index in [1.54, 1.807) is 69.3 Å². The number of halogens is 1. The molecule has 11 heteroatoms. The largest absolute Gasteiger partial charge is 0.444 e. The van der Waals surface area contributed by atoms with Gasteiger partial charge in [0, 0.05) is 13.7 Å². The molecular formula is C24H33FN4O5S. The van der Waals surface area contributed by atoms with Crippen LogP contribution in [0.5, 0.6) is 0 Å². The lowest BCUT2D eigenvalue weighted by Gasteiger charge is -2.42. The zero-order chi connectivity index (χ0) is 25.6. The Kier molecular flexibility index (Phi) is 8.84. The van der Waals surface area contributed by atoms with E-state index in [-0.39, 0.29) is 25.4 Å². The molecule has 1 saturated heterocycles. The van der Waals surface area contributed by atoms with Crippen molar-refractivity contribution in [3.8, 4) is 0 Å². The van der Waals surface area contributed by atoms with Gasteiger partial charge in [-0.1, -0.05) is 54.6 Å². The van der Waals surface area contributed by atoms with E-state index in [4.69, 9.17) is 9.47 Å². The summed E-state index contributed by atoms with van der Waals surface area (Å²) in [5, 5.41) is 0.554. The molecule has 35 heavy (non-hydrogen) atoms. The summed E-state index contributed by atoms with van der Waals surface area (Å²) < 4.78 is 50.4. The van der Waals surface area contributed by atoms with Crippen molar-refractivity contribution < 1.29 is 27.2 Å². The molecule has 1 fully saturated rings. The van der Waals surface area contributed by atoms with E-state index in [9.17, 15) is 17.7 Å². The number of rotatable bonds is 8. The molecule has 192 valence electrons. The lowest BCUT2D eigenvalue weighted by atomic mass is 9.97. The van der Waals surface area contributed by atoms with Crippen LogP contribution in [0.3, 0.4) is 0 Å². The Morgan fingerprint density at radius 1 is 1.09 bits per heavy atom. The van der Waals surface area contributed by atoms with Crippen LogP contribution in [0.15, 0.2) is 54.6 Å². The Hall–Kier alpha value is -2.57. The first-order valence-electron chi connectivity index (χ1n) is 11.3. The Morgan fingerprint density at radius 2 is 1.74 bits per heavy atom. The molecule has 1 amide bonds. The average molecular weight is 509 g/mol. The van der Waals surface area contributed by atoms with Gasteiger partial charge in [0.05, 0.1) is 24.9 Å². The van der Waals surface area contributed by atoms with Gasteiger partial charge in [-0.3, -0.25) is 4.90 Å². The van der Waals surface area contributed by atoms with Crippen molar-refractivity contribution in [2.75, 3.05) is 20.2 Å². The van der Waals surface area contributed by atoms with Crippen LogP contribution in [-0.4, -0.2) is 56.6 Å². The molecule has 0 aromatic heterocycles. The zero-order valence-electron chi connectivity index (χ0n) is 20.4. The fourth-order valence-corrected chi connectivity index (χ4v) is 4.83.